The number of rotatable bonds is 5. The molecular weight excluding hydrogens is 249 g/mol. The summed E-state index contributed by atoms with van der Waals surface area (Å²) in [7, 11) is 1.48. The molecule has 0 saturated carbocycles. The molecule has 0 amide bonds. The molecule has 0 aliphatic rings. The van der Waals surface area contributed by atoms with Crippen molar-refractivity contribution in [2.24, 2.45) is 0 Å². The van der Waals surface area contributed by atoms with Gasteiger partial charge in [0.05, 0.1) is 7.11 Å². The van der Waals surface area contributed by atoms with E-state index in [1.54, 1.807) is 29.5 Å². The zero-order chi connectivity index (χ0) is 13.0. The second-order valence-electron chi connectivity index (χ2n) is 4.09. The fraction of sp³-hybridized carbons (Fsp3) is 0.286. The van der Waals surface area contributed by atoms with Crippen LogP contribution in [0.1, 0.15) is 24.1 Å². The number of benzene rings is 1. The Bertz CT molecular complexity index is 499. The summed E-state index contributed by atoms with van der Waals surface area (Å²) in [6.45, 7) is 2.56. The number of methoxy groups -OCH3 is 1. The lowest BCUT2D eigenvalue weighted by Gasteiger charge is -2.13. The Morgan fingerprint density at radius 3 is 2.89 bits per heavy atom. The second-order valence-corrected chi connectivity index (χ2v) is 4.87. The van der Waals surface area contributed by atoms with Crippen molar-refractivity contribution in [2.75, 3.05) is 7.11 Å². The van der Waals surface area contributed by atoms with Crippen LogP contribution in [0.25, 0.3) is 0 Å². The standard InChI is InChI=1S/C14H16FNOS/c1-10(12-6-7-18-9-12)16-8-11-4-3-5-13(17-2)14(11)15/h3-7,9-10,16H,8H2,1-2H3. The summed E-state index contributed by atoms with van der Waals surface area (Å²) >= 11 is 1.66. The molecule has 1 unspecified atom stereocenters. The predicted octanol–water partition coefficient (Wildman–Crippen LogP) is 3.75. The Kier molecular flexibility index (Phi) is 4.33. The van der Waals surface area contributed by atoms with Gasteiger partial charge < -0.3 is 10.1 Å². The highest BCUT2D eigenvalue weighted by molar-refractivity contribution is 7.07. The molecule has 0 aliphatic carbocycles. The molecule has 0 fully saturated rings. The highest BCUT2D eigenvalue weighted by Crippen LogP contribution is 2.21. The first kappa shape index (κ1) is 13.1. The van der Waals surface area contributed by atoms with E-state index >= 15 is 0 Å². The van der Waals surface area contributed by atoms with Crippen LogP contribution in [0.15, 0.2) is 35.0 Å². The average Bonchev–Trinajstić information content (AvgIpc) is 2.91. The Hall–Kier alpha value is -1.39. The molecule has 0 spiro atoms. The van der Waals surface area contributed by atoms with Crippen LogP contribution in [-0.2, 0) is 6.54 Å². The van der Waals surface area contributed by atoms with E-state index < -0.39 is 0 Å². The zero-order valence-electron chi connectivity index (χ0n) is 10.4. The smallest absolute Gasteiger partial charge is 0.169 e. The quantitative estimate of drug-likeness (QED) is 0.889. The van der Waals surface area contributed by atoms with Gasteiger partial charge in [-0.25, -0.2) is 4.39 Å². The van der Waals surface area contributed by atoms with Crippen molar-refractivity contribution in [3.05, 3.63) is 52.0 Å². The molecule has 0 aliphatic heterocycles. The van der Waals surface area contributed by atoms with E-state index in [2.05, 4.69) is 23.7 Å². The molecule has 1 heterocycles. The minimum Gasteiger partial charge on any atom is -0.494 e. The summed E-state index contributed by atoms with van der Waals surface area (Å²) in [6, 6.07) is 7.48. The third kappa shape index (κ3) is 2.89. The Morgan fingerprint density at radius 2 is 2.22 bits per heavy atom. The van der Waals surface area contributed by atoms with E-state index in [0.29, 0.717) is 12.1 Å². The van der Waals surface area contributed by atoms with E-state index in [0.717, 1.165) is 0 Å². The lowest BCUT2D eigenvalue weighted by molar-refractivity contribution is 0.382. The summed E-state index contributed by atoms with van der Waals surface area (Å²) in [5.74, 6) is 0.00232. The SMILES string of the molecule is COc1cccc(CNC(C)c2ccsc2)c1F. The molecule has 1 aromatic heterocycles. The second kappa shape index (κ2) is 5.98. The lowest BCUT2D eigenvalue weighted by atomic mass is 10.1. The highest BCUT2D eigenvalue weighted by Gasteiger charge is 2.10. The van der Waals surface area contributed by atoms with Crippen molar-refractivity contribution in [3.63, 3.8) is 0 Å². The molecule has 0 saturated heterocycles. The molecule has 1 atom stereocenters. The molecule has 18 heavy (non-hydrogen) atoms. The van der Waals surface area contributed by atoms with Crippen LogP contribution in [0.5, 0.6) is 5.75 Å². The van der Waals surface area contributed by atoms with Crippen LogP contribution in [-0.4, -0.2) is 7.11 Å². The van der Waals surface area contributed by atoms with Gasteiger partial charge in [-0.2, -0.15) is 11.3 Å². The first-order chi connectivity index (χ1) is 8.72. The monoisotopic (exact) mass is 265 g/mol. The van der Waals surface area contributed by atoms with Crippen molar-refractivity contribution in [3.8, 4) is 5.75 Å². The highest BCUT2D eigenvalue weighted by atomic mass is 32.1. The average molecular weight is 265 g/mol. The summed E-state index contributed by atoms with van der Waals surface area (Å²) in [5, 5.41) is 7.44. The maximum absolute atomic E-state index is 13.9. The van der Waals surface area contributed by atoms with E-state index in [-0.39, 0.29) is 17.6 Å². The minimum absolute atomic E-state index is 0.210. The summed E-state index contributed by atoms with van der Waals surface area (Å²) in [6.07, 6.45) is 0. The van der Waals surface area contributed by atoms with Crippen molar-refractivity contribution >= 4 is 11.3 Å². The number of hydrogen-bond donors (Lipinski definition) is 1. The first-order valence-corrected chi connectivity index (χ1v) is 6.73. The summed E-state index contributed by atoms with van der Waals surface area (Å²) < 4.78 is 18.9. The van der Waals surface area contributed by atoms with Crippen molar-refractivity contribution in [1.82, 2.24) is 5.32 Å². The molecule has 2 rings (SSSR count). The molecule has 0 radical (unpaired) electrons. The van der Waals surface area contributed by atoms with Gasteiger partial charge in [-0.05, 0) is 35.4 Å². The Labute approximate surface area is 110 Å². The van der Waals surface area contributed by atoms with Gasteiger partial charge in [0.25, 0.3) is 0 Å². The number of hydrogen-bond acceptors (Lipinski definition) is 3. The molecule has 1 aromatic carbocycles. The normalized spacial score (nSPS) is 12.4. The van der Waals surface area contributed by atoms with Crippen molar-refractivity contribution in [1.29, 1.82) is 0 Å². The Morgan fingerprint density at radius 1 is 1.39 bits per heavy atom. The number of nitrogens with one attached hydrogen (secondary N) is 1. The third-order valence-corrected chi connectivity index (χ3v) is 3.61. The van der Waals surface area contributed by atoms with Gasteiger partial charge in [0.1, 0.15) is 0 Å². The maximum atomic E-state index is 13.9. The molecule has 2 nitrogen and oxygen atoms in total. The summed E-state index contributed by atoms with van der Waals surface area (Å²) in [5.41, 5.74) is 1.85. The van der Waals surface area contributed by atoms with Crippen LogP contribution < -0.4 is 10.1 Å². The predicted molar refractivity (Wildman–Crippen MR) is 72.5 cm³/mol. The van der Waals surface area contributed by atoms with Gasteiger partial charge in [0, 0.05) is 18.2 Å². The zero-order valence-corrected chi connectivity index (χ0v) is 11.3. The third-order valence-electron chi connectivity index (χ3n) is 2.91. The minimum atomic E-state index is -0.287. The van der Waals surface area contributed by atoms with Crippen LogP contribution in [0.3, 0.4) is 0 Å². The molecule has 1 N–H and O–H groups in total. The molecule has 0 bridgehead atoms. The van der Waals surface area contributed by atoms with Gasteiger partial charge in [0.2, 0.25) is 0 Å². The molecule has 96 valence electrons. The van der Waals surface area contributed by atoms with E-state index in [4.69, 9.17) is 4.74 Å². The topological polar surface area (TPSA) is 21.3 Å². The van der Waals surface area contributed by atoms with E-state index in [1.165, 1.54) is 12.7 Å². The molecule has 2 aromatic rings. The first-order valence-electron chi connectivity index (χ1n) is 5.79. The van der Waals surface area contributed by atoms with E-state index in [9.17, 15) is 4.39 Å². The van der Waals surface area contributed by atoms with Crippen LogP contribution in [0, 0.1) is 5.82 Å². The summed E-state index contributed by atoms with van der Waals surface area (Å²) in [4.78, 5) is 0. The molecule has 4 heteroatoms. The lowest BCUT2D eigenvalue weighted by Crippen LogP contribution is -2.18. The van der Waals surface area contributed by atoms with Crippen LogP contribution in [0.2, 0.25) is 0 Å². The number of halogens is 1. The van der Waals surface area contributed by atoms with Gasteiger partial charge in [-0.1, -0.05) is 12.1 Å². The largest absolute Gasteiger partial charge is 0.494 e. The fourth-order valence-corrected chi connectivity index (χ4v) is 2.51. The number of ether oxygens (including phenoxy) is 1. The van der Waals surface area contributed by atoms with Gasteiger partial charge in [-0.15, -0.1) is 0 Å². The van der Waals surface area contributed by atoms with Crippen LogP contribution in [0.4, 0.5) is 4.39 Å². The number of thiophene rings is 1. The van der Waals surface area contributed by atoms with Crippen LogP contribution >= 0.6 is 11.3 Å². The van der Waals surface area contributed by atoms with Crippen molar-refractivity contribution < 1.29 is 9.13 Å². The van der Waals surface area contributed by atoms with E-state index in [1.807, 2.05) is 5.38 Å². The molecular formula is C14H16FNOS. The Balaban J connectivity index is 2.02. The van der Waals surface area contributed by atoms with Gasteiger partial charge >= 0.3 is 0 Å². The van der Waals surface area contributed by atoms with Crippen molar-refractivity contribution in [2.45, 2.75) is 19.5 Å². The van der Waals surface area contributed by atoms with Gasteiger partial charge in [0.15, 0.2) is 11.6 Å². The maximum Gasteiger partial charge on any atom is 0.169 e. The van der Waals surface area contributed by atoms with Gasteiger partial charge in [-0.3, -0.25) is 0 Å². The fourth-order valence-electron chi connectivity index (χ4n) is 1.75.